The number of hydrogen-bond acceptors (Lipinski definition) is 3. The fourth-order valence-electron chi connectivity index (χ4n) is 0.804. The number of aromatic nitrogens is 1. The highest BCUT2D eigenvalue weighted by atomic mass is 35.5. The van der Waals surface area contributed by atoms with E-state index < -0.39 is 0 Å². The Morgan fingerprint density at radius 3 is 2.67 bits per heavy atom. The summed E-state index contributed by atoms with van der Waals surface area (Å²) in [6, 6.07) is 1.57. The van der Waals surface area contributed by atoms with Crippen molar-refractivity contribution in [1.29, 1.82) is 0 Å². The highest BCUT2D eigenvalue weighted by molar-refractivity contribution is 7.99. The second-order valence-corrected chi connectivity index (χ2v) is 5.33. The van der Waals surface area contributed by atoms with Crippen LogP contribution in [0.2, 0.25) is 15.2 Å². The van der Waals surface area contributed by atoms with Gasteiger partial charge in [0, 0.05) is 12.4 Å². The summed E-state index contributed by atoms with van der Waals surface area (Å²) in [6.07, 6.45) is 0. The Morgan fingerprint density at radius 1 is 1.40 bits per heavy atom. The van der Waals surface area contributed by atoms with Crippen LogP contribution in [-0.2, 0) is 0 Å². The molecular weight excluding hydrogens is 277 g/mol. The minimum Gasteiger partial charge on any atom is -0.396 e. The third-order valence-electron chi connectivity index (χ3n) is 1.67. The maximum absolute atomic E-state index is 8.87. The van der Waals surface area contributed by atoms with Gasteiger partial charge in [-0.05, 0) is 12.0 Å². The number of hydrogen-bond donors (Lipinski definition) is 1. The topological polar surface area (TPSA) is 33.1 Å². The Labute approximate surface area is 108 Å². The summed E-state index contributed by atoms with van der Waals surface area (Å²) in [5, 5.41) is 10.6. The van der Waals surface area contributed by atoms with Crippen LogP contribution in [0.1, 0.15) is 6.92 Å². The first-order chi connectivity index (χ1) is 7.04. The van der Waals surface area contributed by atoms with Gasteiger partial charge in [0.1, 0.15) is 10.2 Å². The summed E-state index contributed by atoms with van der Waals surface area (Å²) in [6.45, 7) is 2.09. The number of aliphatic hydroxyl groups excluding tert-OH is 1. The van der Waals surface area contributed by atoms with E-state index in [-0.39, 0.29) is 17.7 Å². The van der Waals surface area contributed by atoms with Crippen molar-refractivity contribution in [2.24, 2.45) is 5.92 Å². The van der Waals surface area contributed by atoms with Crippen LogP contribution in [0, 0.1) is 5.92 Å². The SMILES string of the molecule is CC(CO)CSc1nc(Cl)c(Cl)cc1Cl. The van der Waals surface area contributed by atoms with Crippen molar-refractivity contribution >= 4 is 46.6 Å². The number of aliphatic hydroxyl groups is 1. The van der Waals surface area contributed by atoms with Crippen LogP contribution in [0.15, 0.2) is 11.1 Å². The molecule has 1 aromatic rings. The summed E-state index contributed by atoms with van der Waals surface area (Å²) < 4.78 is 0. The van der Waals surface area contributed by atoms with Crippen LogP contribution in [0.5, 0.6) is 0 Å². The molecule has 1 rings (SSSR count). The Hall–Kier alpha value is 0.330. The zero-order valence-electron chi connectivity index (χ0n) is 8.01. The molecule has 0 radical (unpaired) electrons. The van der Waals surface area contributed by atoms with Crippen molar-refractivity contribution in [3.05, 3.63) is 21.3 Å². The lowest BCUT2D eigenvalue weighted by molar-refractivity contribution is 0.250. The van der Waals surface area contributed by atoms with Crippen molar-refractivity contribution in [3.63, 3.8) is 0 Å². The molecule has 2 nitrogen and oxygen atoms in total. The van der Waals surface area contributed by atoms with Gasteiger partial charge in [0.15, 0.2) is 0 Å². The van der Waals surface area contributed by atoms with E-state index in [0.717, 1.165) is 5.75 Å². The Balaban J connectivity index is 2.73. The number of halogens is 3. The predicted molar refractivity (Wildman–Crippen MR) is 66.2 cm³/mol. The van der Waals surface area contributed by atoms with Crippen LogP contribution < -0.4 is 0 Å². The van der Waals surface area contributed by atoms with Crippen molar-refractivity contribution in [2.75, 3.05) is 12.4 Å². The van der Waals surface area contributed by atoms with E-state index in [0.29, 0.717) is 15.1 Å². The van der Waals surface area contributed by atoms with Gasteiger partial charge in [-0.15, -0.1) is 11.8 Å². The molecular formula is C9H10Cl3NOS. The third-order valence-corrected chi connectivity index (χ3v) is 4.06. The highest BCUT2D eigenvalue weighted by Gasteiger charge is 2.09. The lowest BCUT2D eigenvalue weighted by atomic mass is 10.2. The molecule has 15 heavy (non-hydrogen) atoms. The summed E-state index contributed by atoms with van der Waals surface area (Å²) in [7, 11) is 0. The summed E-state index contributed by atoms with van der Waals surface area (Å²) in [5.74, 6) is 0.934. The van der Waals surface area contributed by atoms with Gasteiger partial charge < -0.3 is 5.11 Å². The van der Waals surface area contributed by atoms with Crippen molar-refractivity contribution in [1.82, 2.24) is 4.98 Å². The van der Waals surface area contributed by atoms with E-state index in [1.807, 2.05) is 6.92 Å². The summed E-state index contributed by atoms with van der Waals surface area (Å²) >= 11 is 18.9. The smallest absolute Gasteiger partial charge is 0.149 e. The number of thioether (sulfide) groups is 1. The van der Waals surface area contributed by atoms with Crippen LogP contribution in [-0.4, -0.2) is 22.5 Å². The van der Waals surface area contributed by atoms with Crippen molar-refractivity contribution in [3.8, 4) is 0 Å². The molecule has 84 valence electrons. The molecule has 0 aromatic carbocycles. The monoisotopic (exact) mass is 285 g/mol. The highest BCUT2D eigenvalue weighted by Crippen LogP contribution is 2.32. The molecule has 1 atom stereocenters. The molecule has 1 heterocycles. The zero-order valence-corrected chi connectivity index (χ0v) is 11.1. The number of nitrogens with zero attached hydrogens (tertiary/aromatic N) is 1. The van der Waals surface area contributed by atoms with Gasteiger partial charge in [0.2, 0.25) is 0 Å². The minimum atomic E-state index is 0.145. The van der Waals surface area contributed by atoms with Gasteiger partial charge in [-0.3, -0.25) is 0 Å². The fraction of sp³-hybridized carbons (Fsp3) is 0.444. The zero-order chi connectivity index (χ0) is 11.4. The molecule has 0 spiro atoms. The standard InChI is InChI=1S/C9H10Cl3NOS/c1-5(3-14)4-15-9-7(11)2-6(10)8(12)13-9/h2,5,14H,3-4H2,1H3. The molecule has 0 saturated heterocycles. The normalized spacial score (nSPS) is 12.9. The molecule has 1 aromatic heterocycles. The van der Waals surface area contributed by atoms with Gasteiger partial charge in [-0.25, -0.2) is 4.98 Å². The first-order valence-electron chi connectivity index (χ1n) is 4.29. The van der Waals surface area contributed by atoms with E-state index in [2.05, 4.69) is 4.98 Å². The molecule has 0 amide bonds. The molecule has 0 saturated carbocycles. The number of pyridine rings is 1. The summed E-state index contributed by atoms with van der Waals surface area (Å²) in [5.41, 5.74) is 0. The van der Waals surface area contributed by atoms with Crippen molar-refractivity contribution in [2.45, 2.75) is 11.9 Å². The van der Waals surface area contributed by atoms with Crippen LogP contribution in [0.3, 0.4) is 0 Å². The molecule has 0 aliphatic carbocycles. The minimum absolute atomic E-state index is 0.145. The van der Waals surface area contributed by atoms with Gasteiger partial charge in [0.25, 0.3) is 0 Å². The molecule has 1 N–H and O–H groups in total. The molecule has 0 aliphatic rings. The lowest BCUT2D eigenvalue weighted by Crippen LogP contribution is -2.03. The van der Waals surface area contributed by atoms with Crippen LogP contribution in [0.4, 0.5) is 0 Å². The largest absolute Gasteiger partial charge is 0.396 e. The van der Waals surface area contributed by atoms with E-state index >= 15 is 0 Å². The van der Waals surface area contributed by atoms with E-state index in [4.69, 9.17) is 39.9 Å². The molecule has 0 bridgehead atoms. The summed E-state index contributed by atoms with van der Waals surface area (Å²) in [4.78, 5) is 4.06. The second kappa shape index (κ2) is 6.16. The molecule has 6 heteroatoms. The molecule has 1 unspecified atom stereocenters. The Kier molecular flexibility index (Phi) is 5.50. The first-order valence-corrected chi connectivity index (χ1v) is 6.41. The van der Waals surface area contributed by atoms with E-state index in [1.165, 1.54) is 11.8 Å². The Bertz CT molecular complexity index is 348. The van der Waals surface area contributed by atoms with Crippen LogP contribution >= 0.6 is 46.6 Å². The average molecular weight is 287 g/mol. The molecule has 0 fully saturated rings. The van der Waals surface area contributed by atoms with Crippen molar-refractivity contribution < 1.29 is 5.11 Å². The van der Waals surface area contributed by atoms with Crippen LogP contribution in [0.25, 0.3) is 0 Å². The quantitative estimate of drug-likeness (QED) is 0.676. The average Bonchev–Trinajstić information content (AvgIpc) is 2.21. The van der Waals surface area contributed by atoms with Gasteiger partial charge >= 0.3 is 0 Å². The molecule has 0 aliphatic heterocycles. The lowest BCUT2D eigenvalue weighted by Gasteiger charge is -2.08. The first kappa shape index (κ1) is 13.4. The maximum Gasteiger partial charge on any atom is 0.149 e. The fourth-order valence-corrected chi connectivity index (χ4v) is 2.42. The maximum atomic E-state index is 8.87. The predicted octanol–water partition coefficient (Wildman–Crippen LogP) is 3.76. The van der Waals surface area contributed by atoms with Gasteiger partial charge in [-0.2, -0.15) is 0 Å². The van der Waals surface area contributed by atoms with Gasteiger partial charge in [0.05, 0.1) is 10.0 Å². The Morgan fingerprint density at radius 2 is 2.07 bits per heavy atom. The van der Waals surface area contributed by atoms with E-state index in [9.17, 15) is 0 Å². The third kappa shape index (κ3) is 4.00. The number of rotatable bonds is 4. The van der Waals surface area contributed by atoms with Gasteiger partial charge in [-0.1, -0.05) is 41.7 Å². The van der Waals surface area contributed by atoms with E-state index in [1.54, 1.807) is 6.07 Å². The second-order valence-electron chi connectivity index (χ2n) is 3.15.